The molecule has 4 atom stereocenters. The second-order valence-corrected chi connectivity index (χ2v) is 11.2. The maximum Gasteiger partial charge on any atom is 0.315 e. The van der Waals surface area contributed by atoms with Crippen LogP contribution < -0.4 is 26.6 Å². The van der Waals surface area contributed by atoms with Crippen LogP contribution in [0.1, 0.15) is 55.3 Å². The summed E-state index contributed by atoms with van der Waals surface area (Å²) in [5, 5.41) is 18.3. The van der Waals surface area contributed by atoms with Crippen LogP contribution in [0.4, 0.5) is 10.5 Å². The van der Waals surface area contributed by atoms with Crippen LogP contribution in [0.3, 0.4) is 0 Å². The Labute approximate surface area is 237 Å². The van der Waals surface area contributed by atoms with E-state index in [2.05, 4.69) is 49.2 Å². The third-order valence-corrected chi connectivity index (χ3v) is 8.38. The third-order valence-electron chi connectivity index (χ3n) is 6.64. The predicted octanol–water partition coefficient (Wildman–Crippen LogP) is 2.79. The molecule has 39 heavy (non-hydrogen) atoms. The lowest BCUT2D eigenvalue weighted by atomic mass is 10.0. The van der Waals surface area contributed by atoms with Crippen LogP contribution in [-0.2, 0) is 9.59 Å². The van der Waals surface area contributed by atoms with Gasteiger partial charge in [-0.1, -0.05) is 23.7 Å². The lowest BCUT2D eigenvalue weighted by molar-refractivity contribution is -0.123. The number of carbonyl (C=O) groups is 4. The summed E-state index contributed by atoms with van der Waals surface area (Å²) < 4.78 is 0. The van der Waals surface area contributed by atoms with Gasteiger partial charge in [-0.05, 0) is 49.8 Å². The highest BCUT2D eigenvalue weighted by Gasteiger charge is 2.42. The van der Waals surface area contributed by atoms with E-state index in [0.29, 0.717) is 61.0 Å². The van der Waals surface area contributed by atoms with Gasteiger partial charge in [-0.15, -0.1) is 0 Å². The molecule has 0 aliphatic carbocycles. The van der Waals surface area contributed by atoms with Crippen molar-refractivity contribution in [2.75, 3.05) is 24.6 Å². The fraction of sp³-hybridized carbons (Fsp3) is 0.600. The van der Waals surface area contributed by atoms with Gasteiger partial charge in [0.1, 0.15) is 6.04 Å². The molecule has 3 rings (SSSR count). The first-order valence-corrected chi connectivity index (χ1v) is 14.9. The highest BCUT2D eigenvalue weighted by molar-refractivity contribution is 8.00. The van der Waals surface area contributed by atoms with Gasteiger partial charge >= 0.3 is 6.03 Å². The van der Waals surface area contributed by atoms with Crippen LogP contribution in [0.5, 0.6) is 0 Å². The minimum absolute atomic E-state index is 0.00309. The van der Waals surface area contributed by atoms with Crippen LogP contribution in [0, 0.1) is 0 Å². The molecule has 5 N–H and O–H groups in total. The lowest BCUT2D eigenvalue weighted by Gasteiger charge is -2.18. The van der Waals surface area contributed by atoms with Crippen molar-refractivity contribution in [3.05, 3.63) is 40.3 Å². The number of rotatable bonds is 16. The normalized spacial score (nSPS) is 20.1. The van der Waals surface area contributed by atoms with Gasteiger partial charge in [-0.25, -0.2) is 4.79 Å². The summed E-state index contributed by atoms with van der Waals surface area (Å²) in [6.45, 7) is 0.885. The number of fused-ring (bicyclic) bond motifs is 1. The molecule has 1 aromatic carbocycles. The highest BCUT2D eigenvalue weighted by atomic mass is 32.2. The molecule has 0 aromatic heterocycles. The van der Waals surface area contributed by atoms with Crippen molar-refractivity contribution >= 4 is 53.8 Å². The summed E-state index contributed by atoms with van der Waals surface area (Å²) in [7, 11) is 0. The molecule has 5 amide bonds. The van der Waals surface area contributed by atoms with Gasteiger partial charge in [-0.3, -0.25) is 14.4 Å². The average molecular weight is 577 g/mol. The number of hydrogen-bond acceptors (Lipinski definition) is 7. The van der Waals surface area contributed by atoms with Gasteiger partial charge in [0.15, 0.2) is 0 Å². The second-order valence-electron chi connectivity index (χ2n) is 9.49. The zero-order valence-corrected chi connectivity index (χ0v) is 23.4. The summed E-state index contributed by atoms with van der Waals surface area (Å²) in [6, 6.07) is 5.72. The molecule has 2 heterocycles. The number of nitrogens with zero attached hydrogens (tertiary/aromatic N) is 3. The van der Waals surface area contributed by atoms with Crippen molar-refractivity contribution in [2.45, 2.75) is 68.3 Å². The van der Waals surface area contributed by atoms with E-state index < -0.39 is 11.9 Å². The van der Waals surface area contributed by atoms with E-state index in [1.54, 1.807) is 0 Å². The monoisotopic (exact) mass is 576 g/mol. The SMILES string of the molecule is [N-]=[N+]=Nc1ccc(C(=O)NC(CCCCNC(=O)CCCCC2SCC3NC(=O)NC32)C(=O)NCCS)cc1. The number of thioether (sulfide) groups is 1. The third kappa shape index (κ3) is 9.86. The molecule has 0 spiro atoms. The minimum atomic E-state index is -0.724. The Hall–Kier alpha value is -3.09. The fourth-order valence-corrected chi connectivity index (χ4v) is 6.26. The summed E-state index contributed by atoms with van der Waals surface area (Å²) in [5.41, 5.74) is 9.25. The number of amides is 5. The Morgan fingerprint density at radius 3 is 2.64 bits per heavy atom. The number of benzene rings is 1. The number of urea groups is 1. The number of hydrogen-bond donors (Lipinski definition) is 6. The van der Waals surface area contributed by atoms with E-state index in [-0.39, 0.29) is 29.9 Å². The van der Waals surface area contributed by atoms with Crippen LogP contribution in [0.25, 0.3) is 10.4 Å². The molecule has 1 aromatic rings. The first-order chi connectivity index (χ1) is 18.9. The first kappa shape index (κ1) is 30.5. The molecule has 0 saturated carbocycles. The largest absolute Gasteiger partial charge is 0.356 e. The summed E-state index contributed by atoms with van der Waals surface area (Å²) in [5.74, 6) is 0.727. The molecule has 12 nitrogen and oxygen atoms in total. The average Bonchev–Trinajstić information content (AvgIpc) is 3.48. The predicted molar refractivity (Wildman–Crippen MR) is 154 cm³/mol. The summed E-state index contributed by atoms with van der Waals surface area (Å²) in [4.78, 5) is 51.7. The van der Waals surface area contributed by atoms with E-state index in [4.69, 9.17) is 5.53 Å². The van der Waals surface area contributed by atoms with Crippen molar-refractivity contribution in [1.82, 2.24) is 26.6 Å². The van der Waals surface area contributed by atoms with Gasteiger partial charge in [-0.2, -0.15) is 24.4 Å². The Balaban J connectivity index is 1.33. The Bertz CT molecular complexity index is 1050. The standard InChI is InChI=1S/C25H36N8O4S2/c26-33-32-17-10-8-16(9-11-17)23(35)29-18(24(36)28-13-14-38)5-3-4-12-27-21(34)7-2-1-6-20-22-19(15-39-20)30-25(37)31-22/h8-11,18-20,22,38H,1-7,12-15H2,(H,27,34)(H,28,36)(H,29,35)(H2,30,31,37). The maximum atomic E-state index is 12.7. The molecule has 0 bridgehead atoms. The number of nitrogens with one attached hydrogen (secondary N) is 5. The molecule has 2 aliphatic rings. The quantitative estimate of drug-likeness (QED) is 0.0442. The lowest BCUT2D eigenvalue weighted by Crippen LogP contribution is -2.47. The van der Waals surface area contributed by atoms with Crippen LogP contribution >= 0.6 is 24.4 Å². The second kappa shape index (κ2) is 16.1. The Morgan fingerprint density at radius 2 is 1.90 bits per heavy atom. The van der Waals surface area contributed by atoms with Gasteiger partial charge in [0, 0.05) is 52.4 Å². The molecule has 14 heteroatoms. The maximum absolute atomic E-state index is 12.7. The van der Waals surface area contributed by atoms with Crippen LogP contribution in [0.15, 0.2) is 29.4 Å². The van der Waals surface area contributed by atoms with Gasteiger partial charge < -0.3 is 26.6 Å². The number of unbranched alkanes of at least 4 members (excludes halogenated alkanes) is 2. The number of azide groups is 1. The van der Waals surface area contributed by atoms with E-state index in [9.17, 15) is 19.2 Å². The zero-order chi connectivity index (χ0) is 28.0. The van der Waals surface area contributed by atoms with Crippen molar-refractivity contribution in [3.63, 3.8) is 0 Å². The molecular weight excluding hydrogens is 540 g/mol. The molecule has 2 aliphatic heterocycles. The molecular formula is C25H36N8O4S2. The zero-order valence-electron chi connectivity index (χ0n) is 21.7. The summed E-state index contributed by atoms with van der Waals surface area (Å²) in [6.07, 6.45) is 4.89. The van der Waals surface area contributed by atoms with Crippen molar-refractivity contribution in [1.29, 1.82) is 0 Å². The van der Waals surface area contributed by atoms with Gasteiger partial charge in [0.05, 0.1) is 12.1 Å². The van der Waals surface area contributed by atoms with Crippen molar-refractivity contribution in [3.8, 4) is 0 Å². The Morgan fingerprint density at radius 1 is 1.10 bits per heavy atom. The fourth-order valence-electron chi connectivity index (χ4n) is 4.61. The molecule has 2 saturated heterocycles. The van der Waals surface area contributed by atoms with E-state index in [1.807, 2.05) is 11.8 Å². The Kier molecular flexibility index (Phi) is 12.6. The van der Waals surface area contributed by atoms with Crippen LogP contribution in [0.2, 0.25) is 0 Å². The topological polar surface area (TPSA) is 177 Å². The van der Waals surface area contributed by atoms with E-state index in [0.717, 1.165) is 25.0 Å². The van der Waals surface area contributed by atoms with Gasteiger partial charge in [0.25, 0.3) is 5.91 Å². The molecule has 212 valence electrons. The van der Waals surface area contributed by atoms with Crippen LogP contribution in [-0.4, -0.2) is 71.7 Å². The molecule has 0 radical (unpaired) electrons. The molecule has 4 unspecified atom stereocenters. The minimum Gasteiger partial charge on any atom is -0.356 e. The van der Waals surface area contributed by atoms with Gasteiger partial charge in [0.2, 0.25) is 11.8 Å². The highest BCUT2D eigenvalue weighted by Crippen LogP contribution is 2.33. The number of carbonyl (C=O) groups excluding carboxylic acids is 4. The van der Waals surface area contributed by atoms with Crippen molar-refractivity contribution in [2.24, 2.45) is 5.11 Å². The van der Waals surface area contributed by atoms with E-state index in [1.165, 1.54) is 24.3 Å². The molecule has 2 fully saturated rings. The first-order valence-electron chi connectivity index (χ1n) is 13.2. The summed E-state index contributed by atoms with van der Waals surface area (Å²) >= 11 is 5.99. The van der Waals surface area contributed by atoms with E-state index >= 15 is 0 Å². The number of thiol groups is 1. The smallest absolute Gasteiger partial charge is 0.315 e. The van der Waals surface area contributed by atoms with Crippen molar-refractivity contribution < 1.29 is 19.2 Å².